The molecule has 0 aliphatic carbocycles. The first-order valence-electron chi connectivity index (χ1n) is 7.04. The van der Waals surface area contributed by atoms with Crippen molar-refractivity contribution in [3.63, 3.8) is 0 Å². The Kier molecular flexibility index (Phi) is 3.85. The van der Waals surface area contributed by atoms with Crippen LogP contribution in [0.1, 0.15) is 32.5 Å². The van der Waals surface area contributed by atoms with Crippen molar-refractivity contribution in [1.82, 2.24) is 15.0 Å². The molecule has 6 heteroatoms. The first-order valence-corrected chi connectivity index (χ1v) is 7.86. The number of benzene rings is 1. The normalized spacial score (nSPS) is 11.1. The fraction of sp³-hybridized carbons (Fsp3) is 0.250. The maximum absolute atomic E-state index is 11.1. The number of hydrogen-bond acceptors (Lipinski definition) is 5. The third-order valence-electron chi connectivity index (χ3n) is 3.16. The Bertz CT molecular complexity index is 841. The molecule has 2 heterocycles. The van der Waals surface area contributed by atoms with Gasteiger partial charge in [0, 0.05) is 24.6 Å². The minimum atomic E-state index is -0.114. The van der Waals surface area contributed by atoms with Crippen LogP contribution < -0.4 is 5.32 Å². The van der Waals surface area contributed by atoms with Gasteiger partial charge in [0.1, 0.15) is 5.82 Å². The highest BCUT2D eigenvalue weighted by Gasteiger charge is 2.09. The van der Waals surface area contributed by atoms with Crippen LogP contribution in [0.5, 0.6) is 0 Å². The van der Waals surface area contributed by atoms with Crippen LogP contribution in [0.3, 0.4) is 0 Å². The van der Waals surface area contributed by atoms with E-state index in [0.29, 0.717) is 11.0 Å². The van der Waals surface area contributed by atoms with Gasteiger partial charge in [0.25, 0.3) is 0 Å². The minimum Gasteiger partial charge on any atom is -0.302 e. The zero-order chi connectivity index (χ0) is 15.7. The minimum absolute atomic E-state index is 0.114. The molecule has 0 saturated carbocycles. The Morgan fingerprint density at radius 1 is 1.23 bits per heavy atom. The summed E-state index contributed by atoms with van der Waals surface area (Å²) >= 11 is 1.46. The van der Waals surface area contributed by atoms with E-state index >= 15 is 0 Å². The van der Waals surface area contributed by atoms with Crippen LogP contribution in [0.25, 0.3) is 21.5 Å². The van der Waals surface area contributed by atoms with E-state index in [1.54, 1.807) is 6.20 Å². The number of carbonyl (C=O) groups excluding carboxylic acids is 1. The Hall–Kier alpha value is -2.34. The van der Waals surface area contributed by atoms with Crippen molar-refractivity contribution in [3.8, 4) is 11.3 Å². The van der Waals surface area contributed by atoms with Gasteiger partial charge in [-0.05, 0) is 18.2 Å². The van der Waals surface area contributed by atoms with E-state index < -0.39 is 0 Å². The summed E-state index contributed by atoms with van der Waals surface area (Å²) in [5.74, 6) is 1.01. The topological polar surface area (TPSA) is 67.8 Å². The van der Waals surface area contributed by atoms with Crippen LogP contribution >= 0.6 is 11.3 Å². The standard InChI is InChI=1S/C16H16N4OS/c1-9(2)15-17-7-6-12(19-15)11-4-5-13-14(8-11)22-16(20-13)18-10(3)21/h4-9H,1-3H3,(H,18,20,21). The molecule has 0 aliphatic rings. The summed E-state index contributed by atoms with van der Waals surface area (Å²) < 4.78 is 1.02. The van der Waals surface area contributed by atoms with E-state index in [1.807, 2.05) is 24.3 Å². The lowest BCUT2D eigenvalue weighted by Crippen LogP contribution is -2.04. The van der Waals surface area contributed by atoms with Crippen molar-refractivity contribution in [2.75, 3.05) is 5.32 Å². The highest BCUT2D eigenvalue weighted by Crippen LogP contribution is 2.30. The summed E-state index contributed by atoms with van der Waals surface area (Å²) in [7, 11) is 0. The summed E-state index contributed by atoms with van der Waals surface area (Å²) in [4.78, 5) is 24.4. The maximum atomic E-state index is 11.1. The van der Waals surface area contributed by atoms with Crippen LogP contribution in [0.15, 0.2) is 30.5 Å². The Labute approximate surface area is 132 Å². The maximum Gasteiger partial charge on any atom is 0.223 e. The molecule has 22 heavy (non-hydrogen) atoms. The lowest BCUT2D eigenvalue weighted by atomic mass is 10.1. The van der Waals surface area contributed by atoms with Gasteiger partial charge in [-0.2, -0.15) is 0 Å². The number of nitrogens with zero attached hydrogens (tertiary/aromatic N) is 3. The van der Waals surface area contributed by atoms with E-state index in [0.717, 1.165) is 27.3 Å². The lowest BCUT2D eigenvalue weighted by Gasteiger charge is -2.06. The molecule has 0 fully saturated rings. The van der Waals surface area contributed by atoms with Gasteiger partial charge in [-0.3, -0.25) is 4.79 Å². The number of nitrogens with one attached hydrogen (secondary N) is 1. The van der Waals surface area contributed by atoms with E-state index in [-0.39, 0.29) is 5.91 Å². The third-order valence-corrected chi connectivity index (χ3v) is 4.09. The highest BCUT2D eigenvalue weighted by molar-refractivity contribution is 7.22. The SMILES string of the molecule is CC(=O)Nc1nc2ccc(-c3ccnc(C(C)C)n3)cc2s1. The van der Waals surface area contributed by atoms with Crippen LogP contribution in [0.2, 0.25) is 0 Å². The second-order valence-electron chi connectivity index (χ2n) is 5.34. The fourth-order valence-corrected chi connectivity index (χ4v) is 3.05. The second-order valence-corrected chi connectivity index (χ2v) is 6.37. The van der Waals surface area contributed by atoms with Crippen molar-refractivity contribution in [1.29, 1.82) is 0 Å². The second kappa shape index (κ2) is 5.81. The molecule has 3 rings (SSSR count). The van der Waals surface area contributed by atoms with Crippen LogP contribution in [-0.2, 0) is 4.79 Å². The molecule has 0 atom stereocenters. The van der Waals surface area contributed by atoms with Crippen molar-refractivity contribution < 1.29 is 4.79 Å². The molecule has 0 saturated heterocycles. The number of anilines is 1. The van der Waals surface area contributed by atoms with E-state index in [1.165, 1.54) is 18.3 Å². The number of aromatic nitrogens is 3. The molecule has 3 aromatic rings. The Morgan fingerprint density at radius 2 is 2.05 bits per heavy atom. The quantitative estimate of drug-likeness (QED) is 0.798. The van der Waals surface area contributed by atoms with Gasteiger partial charge in [0.2, 0.25) is 5.91 Å². The summed E-state index contributed by atoms with van der Waals surface area (Å²) in [6.07, 6.45) is 1.79. The summed E-state index contributed by atoms with van der Waals surface area (Å²) in [6.45, 7) is 5.63. The number of rotatable bonds is 3. The molecule has 0 radical (unpaired) electrons. The highest BCUT2D eigenvalue weighted by atomic mass is 32.1. The Morgan fingerprint density at radius 3 is 2.77 bits per heavy atom. The average Bonchev–Trinajstić information content (AvgIpc) is 2.87. The van der Waals surface area contributed by atoms with Crippen LogP contribution in [0.4, 0.5) is 5.13 Å². The molecule has 1 N–H and O–H groups in total. The third kappa shape index (κ3) is 2.96. The van der Waals surface area contributed by atoms with Crippen molar-refractivity contribution in [2.24, 2.45) is 0 Å². The monoisotopic (exact) mass is 312 g/mol. The molecule has 5 nitrogen and oxygen atoms in total. The molecular weight excluding hydrogens is 296 g/mol. The number of amides is 1. The predicted molar refractivity (Wildman–Crippen MR) is 89.0 cm³/mol. The van der Waals surface area contributed by atoms with Crippen LogP contribution in [0, 0.1) is 0 Å². The molecule has 1 amide bonds. The van der Waals surface area contributed by atoms with Crippen LogP contribution in [-0.4, -0.2) is 20.9 Å². The summed E-state index contributed by atoms with van der Waals surface area (Å²) in [5, 5.41) is 3.34. The molecule has 0 bridgehead atoms. The molecular formula is C16H16N4OS. The Balaban J connectivity index is 2.01. The van der Waals surface area contributed by atoms with Crippen molar-refractivity contribution in [2.45, 2.75) is 26.7 Å². The predicted octanol–water partition coefficient (Wildman–Crippen LogP) is 3.84. The van der Waals surface area contributed by atoms with Gasteiger partial charge in [-0.15, -0.1) is 0 Å². The molecule has 2 aromatic heterocycles. The number of carbonyl (C=O) groups is 1. The number of thiazole rings is 1. The van der Waals surface area contributed by atoms with Gasteiger partial charge < -0.3 is 5.32 Å². The fourth-order valence-electron chi connectivity index (χ4n) is 2.10. The van der Waals surface area contributed by atoms with Gasteiger partial charge in [-0.25, -0.2) is 15.0 Å². The van der Waals surface area contributed by atoms with Gasteiger partial charge in [-0.1, -0.05) is 31.3 Å². The molecule has 0 spiro atoms. The largest absolute Gasteiger partial charge is 0.302 e. The lowest BCUT2D eigenvalue weighted by molar-refractivity contribution is -0.114. The van der Waals surface area contributed by atoms with E-state index in [2.05, 4.69) is 34.1 Å². The van der Waals surface area contributed by atoms with E-state index in [4.69, 9.17) is 0 Å². The average molecular weight is 312 g/mol. The number of fused-ring (bicyclic) bond motifs is 1. The molecule has 112 valence electrons. The van der Waals surface area contributed by atoms with Gasteiger partial charge in [0.15, 0.2) is 5.13 Å². The molecule has 1 aromatic carbocycles. The first-order chi connectivity index (χ1) is 10.5. The zero-order valence-electron chi connectivity index (χ0n) is 12.6. The number of hydrogen-bond donors (Lipinski definition) is 1. The zero-order valence-corrected chi connectivity index (χ0v) is 13.4. The smallest absolute Gasteiger partial charge is 0.223 e. The van der Waals surface area contributed by atoms with Gasteiger partial charge in [0.05, 0.1) is 15.9 Å². The first kappa shape index (κ1) is 14.6. The molecule has 0 aliphatic heterocycles. The summed E-state index contributed by atoms with van der Waals surface area (Å²) in [5.41, 5.74) is 2.79. The van der Waals surface area contributed by atoms with Crippen molar-refractivity contribution >= 4 is 32.6 Å². The van der Waals surface area contributed by atoms with Crippen molar-refractivity contribution in [3.05, 3.63) is 36.3 Å². The van der Waals surface area contributed by atoms with Gasteiger partial charge >= 0.3 is 0 Å². The summed E-state index contributed by atoms with van der Waals surface area (Å²) in [6, 6.07) is 7.89. The molecule has 0 unspecified atom stereocenters. The van der Waals surface area contributed by atoms with E-state index in [9.17, 15) is 4.79 Å².